The van der Waals surface area contributed by atoms with Gasteiger partial charge in [0.2, 0.25) is 0 Å². The molecule has 1 N–H and O–H groups in total. The number of methoxy groups -OCH3 is 1. The Morgan fingerprint density at radius 1 is 1.56 bits per heavy atom. The average Bonchev–Trinajstić information content (AvgIpc) is 2.21. The first-order valence-corrected chi connectivity index (χ1v) is 5.10. The van der Waals surface area contributed by atoms with Crippen LogP contribution in [0.15, 0.2) is 18.2 Å². The van der Waals surface area contributed by atoms with Crippen LogP contribution in [0, 0.1) is 12.7 Å². The first-order chi connectivity index (χ1) is 7.54. The molecule has 1 aromatic rings. The molecule has 1 atom stereocenters. The molecule has 1 aromatic carbocycles. The minimum absolute atomic E-state index is 0.0722. The van der Waals surface area contributed by atoms with Crippen LogP contribution in [0.3, 0.4) is 0 Å². The SMILES string of the molecule is COCC(C)NC(=O)c1cc(C)ccc1F. The maximum Gasteiger partial charge on any atom is 0.254 e. The Morgan fingerprint density at radius 2 is 2.25 bits per heavy atom. The minimum Gasteiger partial charge on any atom is -0.383 e. The second-order valence-corrected chi connectivity index (χ2v) is 3.81. The first kappa shape index (κ1) is 12.6. The lowest BCUT2D eigenvalue weighted by atomic mass is 10.1. The van der Waals surface area contributed by atoms with E-state index >= 15 is 0 Å². The Morgan fingerprint density at radius 3 is 2.88 bits per heavy atom. The molecule has 0 aliphatic rings. The number of amides is 1. The van der Waals surface area contributed by atoms with Gasteiger partial charge in [0, 0.05) is 13.2 Å². The second-order valence-electron chi connectivity index (χ2n) is 3.81. The van der Waals surface area contributed by atoms with E-state index in [0.29, 0.717) is 6.61 Å². The molecule has 0 spiro atoms. The van der Waals surface area contributed by atoms with Crippen molar-refractivity contribution in [1.82, 2.24) is 5.32 Å². The van der Waals surface area contributed by atoms with E-state index in [4.69, 9.17) is 4.74 Å². The fourth-order valence-corrected chi connectivity index (χ4v) is 1.41. The highest BCUT2D eigenvalue weighted by atomic mass is 19.1. The fourth-order valence-electron chi connectivity index (χ4n) is 1.41. The van der Waals surface area contributed by atoms with Gasteiger partial charge in [0.15, 0.2) is 0 Å². The Kier molecular flexibility index (Phi) is 4.43. The summed E-state index contributed by atoms with van der Waals surface area (Å²) in [5.74, 6) is -0.918. The highest BCUT2D eigenvalue weighted by Gasteiger charge is 2.13. The zero-order valence-corrected chi connectivity index (χ0v) is 9.71. The third kappa shape index (κ3) is 3.31. The molecule has 1 rings (SSSR count). The number of carbonyl (C=O) groups excluding carboxylic acids is 1. The average molecular weight is 225 g/mol. The van der Waals surface area contributed by atoms with Crippen molar-refractivity contribution in [2.24, 2.45) is 0 Å². The van der Waals surface area contributed by atoms with Crippen molar-refractivity contribution in [3.05, 3.63) is 35.1 Å². The molecule has 0 saturated heterocycles. The lowest BCUT2D eigenvalue weighted by Gasteiger charge is -2.13. The molecule has 0 aromatic heterocycles. The van der Waals surface area contributed by atoms with E-state index < -0.39 is 11.7 Å². The number of ether oxygens (including phenoxy) is 1. The van der Waals surface area contributed by atoms with Crippen molar-refractivity contribution in [2.75, 3.05) is 13.7 Å². The van der Waals surface area contributed by atoms with Crippen LogP contribution in [0.4, 0.5) is 4.39 Å². The molecule has 0 aliphatic carbocycles. The number of carbonyl (C=O) groups is 1. The van der Waals surface area contributed by atoms with Gasteiger partial charge in [-0.05, 0) is 26.0 Å². The summed E-state index contributed by atoms with van der Waals surface area (Å²) in [5.41, 5.74) is 0.925. The second kappa shape index (κ2) is 5.61. The number of benzene rings is 1. The zero-order chi connectivity index (χ0) is 12.1. The molecule has 1 amide bonds. The molecule has 0 bridgehead atoms. The molecule has 1 unspecified atom stereocenters. The van der Waals surface area contributed by atoms with Crippen molar-refractivity contribution in [3.63, 3.8) is 0 Å². The van der Waals surface area contributed by atoms with Gasteiger partial charge in [0.25, 0.3) is 5.91 Å². The predicted octanol–water partition coefficient (Wildman–Crippen LogP) is 1.90. The number of hydrogen-bond donors (Lipinski definition) is 1. The quantitative estimate of drug-likeness (QED) is 0.850. The Hall–Kier alpha value is -1.42. The lowest BCUT2D eigenvalue weighted by molar-refractivity contribution is 0.0901. The van der Waals surface area contributed by atoms with Gasteiger partial charge in [0.1, 0.15) is 5.82 Å². The van der Waals surface area contributed by atoms with E-state index in [9.17, 15) is 9.18 Å². The van der Waals surface area contributed by atoms with Gasteiger partial charge >= 0.3 is 0 Å². The molecular formula is C12H16FNO2. The topological polar surface area (TPSA) is 38.3 Å². The van der Waals surface area contributed by atoms with Gasteiger partial charge in [0.05, 0.1) is 12.2 Å². The summed E-state index contributed by atoms with van der Waals surface area (Å²) in [5, 5.41) is 2.66. The largest absolute Gasteiger partial charge is 0.383 e. The number of aryl methyl sites for hydroxylation is 1. The van der Waals surface area contributed by atoms with Crippen LogP contribution in [-0.4, -0.2) is 25.7 Å². The van der Waals surface area contributed by atoms with Gasteiger partial charge < -0.3 is 10.1 Å². The minimum atomic E-state index is -0.507. The van der Waals surface area contributed by atoms with Crippen molar-refractivity contribution in [3.8, 4) is 0 Å². The smallest absolute Gasteiger partial charge is 0.254 e. The van der Waals surface area contributed by atoms with E-state index in [-0.39, 0.29) is 11.6 Å². The van der Waals surface area contributed by atoms with E-state index in [0.717, 1.165) is 5.56 Å². The first-order valence-electron chi connectivity index (χ1n) is 5.10. The van der Waals surface area contributed by atoms with Crippen molar-refractivity contribution in [1.29, 1.82) is 0 Å². The van der Waals surface area contributed by atoms with Gasteiger partial charge in [-0.1, -0.05) is 11.6 Å². The highest BCUT2D eigenvalue weighted by molar-refractivity contribution is 5.94. The summed E-state index contributed by atoms with van der Waals surface area (Å²) in [6.07, 6.45) is 0. The fraction of sp³-hybridized carbons (Fsp3) is 0.417. The molecule has 0 radical (unpaired) electrons. The zero-order valence-electron chi connectivity index (χ0n) is 9.71. The molecule has 3 nitrogen and oxygen atoms in total. The van der Waals surface area contributed by atoms with E-state index in [1.807, 2.05) is 6.92 Å². The molecule has 88 valence electrons. The van der Waals surface area contributed by atoms with Crippen molar-refractivity contribution < 1.29 is 13.9 Å². The van der Waals surface area contributed by atoms with Gasteiger partial charge in [-0.3, -0.25) is 4.79 Å². The Balaban J connectivity index is 2.76. The van der Waals surface area contributed by atoms with Crippen molar-refractivity contribution >= 4 is 5.91 Å². The number of hydrogen-bond acceptors (Lipinski definition) is 2. The van der Waals surface area contributed by atoms with Crippen LogP contribution in [0.1, 0.15) is 22.8 Å². The summed E-state index contributed by atoms with van der Waals surface area (Å²) >= 11 is 0. The Bertz CT molecular complexity index is 379. The highest BCUT2D eigenvalue weighted by Crippen LogP contribution is 2.10. The molecule has 4 heteroatoms. The number of nitrogens with one attached hydrogen (secondary N) is 1. The van der Waals surface area contributed by atoms with Crippen LogP contribution in [-0.2, 0) is 4.74 Å². The maximum absolute atomic E-state index is 13.4. The van der Waals surface area contributed by atoms with E-state index in [2.05, 4.69) is 5.32 Å². The van der Waals surface area contributed by atoms with E-state index in [1.165, 1.54) is 12.1 Å². The van der Waals surface area contributed by atoms with Crippen LogP contribution < -0.4 is 5.32 Å². The standard InChI is InChI=1S/C12H16FNO2/c1-8-4-5-11(13)10(6-8)12(15)14-9(2)7-16-3/h4-6,9H,7H2,1-3H3,(H,14,15). The van der Waals surface area contributed by atoms with Crippen LogP contribution in [0.2, 0.25) is 0 Å². The van der Waals surface area contributed by atoms with Crippen LogP contribution in [0.5, 0.6) is 0 Å². The Labute approximate surface area is 94.6 Å². The lowest BCUT2D eigenvalue weighted by Crippen LogP contribution is -2.36. The summed E-state index contributed by atoms with van der Waals surface area (Å²) in [6, 6.07) is 4.32. The summed E-state index contributed by atoms with van der Waals surface area (Å²) in [7, 11) is 1.55. The van der Waals surface area contributed by atoms with Crippen molar-refractivity contribution in [2.45, 2.75) is 19.9 Å². The van der Waals surface area contributed by atoms with Gasteiger partial charge in [-0.15, -0.1) is 0 Å². The molecule has 16 heavy (non-hydrogen) atoms. The van der Waals surface area contributed by atoms with E-state index in [1.54, 1.807) is 20.1 Å². The van der Waals surface area contributed by atoms with Crippen LogP contribution in [0.25, 0.3) is 0 Å². The molecule has 0 fully saturated rings. The van der Waals surface area contributed by atoms with Crippen LogP contribution >= 0.6 is 0 Å². The summed E-state index contributed by atoms with van der Waals surface area (Å²) < 4.78 is 18.3. The third-order valence-electron chi connectivity index (χ3n) is 2.16. The molecule has 0 aliphatic heterocycles. The number of rotatable bonds is 4. The molecular weight excluding hydrogens is 209 g/mol. The number of halogens is 1. The summed E-state index contributed by atoms with van der Waals surface area (Å²) in [4.78, 5) is 11.7. The third-order valence-corrected chi connectivity index (χ3v) is 2.16. The van der Waals surface area contributed by atoms with Gasteiger partial charge in [-0.25, -0.2) is 4.39 Å². The monoisotopic (exact) mass is 225 g/mol. The molecule has 0 saturated carbocycles. The van der Waals surface area contributed by atoms with Gasteiger partial charge in [-0.2, -0.15) is 0 Å². The predicted molar refractivity (Wildman–Crippen MR) is 59.9 cm³/mol. The summed E-state index contributed by atoms with van der Waals surface area (Å²) in [6.45, 7) is 4.02. The molecule has 0 heterocycles. The normalized spacial score (nSPS) is 12.2. The maximum atomic E-state index is 13.4.